The van der Waals surface area contributed by atoms with E-state index < -0.39 is 0 Å². The first-order chi connectivity index (χ1) is 13.7. The Hall–Kier alpha value is -1.62. The summed E-state index contributed by atoms with van der Waals surface area (Å²) in [6, 6.07) is 13.3. The van der Waals surface area contributed by atoms with E-state index in [0.29, 0.717) is 23.7 Å². The second-order valence-electron chi connectivity index (χ2n) is 9.25. The average Bonchev–Trinajstić information content (AvgIpc) is 3.15. The molecule has 0 saturated carbocycles. The molecule has 0 amide bonds. The molecule has 0 bridgehead atoms. The van der Waals surface area contributed by atoms with Gasteiger partial charge in [0.25, 0.3) is 0 Å². The molecule has 2 nitrogen and oxygen atoms in total. The van der Waals surface area contributed by atoms with E-state index in [1.54, 1.807) is 0 Å². The van der Waals surface area contributed by atoms with Crippen LogP contribution >= 0.6 is 0 Å². The van der Waals surface area contributed by atoms with E-state index in [0.717, 1.165) is 0 Å². The zero-order chi connectivity index (χ0) is 21.3. The van der Waals surface area contributed by atoms with Crippen LogP contribution in [0.1, 0.15) is 101 Å². The van der Waals surface area contributed by atoms with Gasteiger partial charge >= 0.3 is 18.9 Å². The molecule has 0 atom stereocenters. The molecule has 0 aromatic heterocycles. The van der Waals surface area contributed by atoms with Gasteiger partial charge in [0.15, 0.2) is 6.67 Å². The van der Waals surface area contributed by atoms with Gasteiger partial charge in [-0.05, 0) is 34.8 Å². The van der Waals surface area contributed by atoms with Crippen molar-refractivity contribution in [3.63, 3.8) is 0 Å². The van der Waals surface area contributed by atoms with Crippen molar-refractivity contribution in [2.75, 3.05) is 9.80 Å². The fourth-order valence-corrected chi connectivity index (χ4v) is 4.07. The van der Waals surface area contributed by atoms with E-state index >= 15 is 0 Å². The molecule has 1 aliphatic rings. The number of hydrogen-bond acceptors (Lipinski definition) is 2. The molecule has 2 radical (unpaired) electrons. The van der Waals surface area contributed by atoms with Gasteiger partial charge in [0.2, 0.25) is 0 Å². The van der Waals surface area contributed by atoms with Gasteiger partial charge in [-0.2, -0.15) is 6.20 Å². The fraction of sp³-hybridized carbons (Fsp3) is 0.444. The predicted molar refractivity (Wildman–Crippen MR) is 125 cm³/mol. The van der Waals surface area contributed by atoms with Gasteiger partial charge in [-0.25, -0.2) is 0 Å². The van der Waals surface area contributed by atoms with Crippen LogP contribution in [0.2, 0.25) is 0 Å². The number of para-hydroxylation sites is 2. The van der Waals surface area contributed by atoms with Crippen molar-refractivity contribution >= 4 is 11.4 Å². The molecule has 0 N–H and O–H groups in total. The molecule has 0 spiro atoms. The Kier molecular flexibility index (Phi) is 8.32. The number of anilines is 2. The predicted octanol–water partition coefficient (Wildman–Crippen LogP) is 4.78. The van der Waals surface area contributed by atoms with E-state index in [1.165, 1.54) is 33.6 Å². The molecule has 1 aliphatic heterocycles. The van der Waals surface area contributed by atoms with E-state index in [1.807, 2.05) is 6.20 Å². The third-order valence-corrected chi connectivity index (χ3v) is 5.67. The minimum absolute atomic E-state index is 0. The minimum atomic E-state index is 0. The average molecular weight is 395 g/mol. The molecule has 0 fully saturated rings. The van der Waals surface area contributed by atoms with Gasteiger partial charge in [0.1, 0.15) is 0 Å². The summed E-state index contributed by atoms with van der Waals surface area (Å²) >= 11 is 0. The second-order valence-corrected chi connectivity index (χ2v) is 9.25. The normalized spacial score (nSPS) is 13.9. The molecule has 0 unspecified atom stereocenters. The van der Waals surface area contributed by atoms with E-state index in [9.17, 15) is 0 Å². The largest absolute Gasteiger partial charge is 1.00 e. The molecule has 1 heterocycles. The number of nitrogens with zero attached hydrogens (tertiary/aromatic N) is 2. The first-order valence-electron chi connectivity index (χ1n) is 10.9. The Morgan fingerprint density at radius 1 is 0.633 bits per heavy atom. The van der Waals surface area contributed by atoms with Crippen LogP contribution in [0, 0.1) is 12.9 Å². The van der Waals surface area contributed by atoms with Gasteiger partial charge in [0, 0.05) is 5.69 Å². The number of benzene rings is 2. The van der Waals surface area contributed by atoms with Crippen LogP contribution in [-0.2, 0) is 0 Å². The topological polar surface area (TPSA) is 6.48 Å². The summed E-state index contributed by atoms with van der Waals surface area (Å²) in [6.07, 6.45) is 5.50. The molecular weight excluding hydrogens is 359 g/mol. The minimum Gasteiger partial charge on any atom is -0.481 e. The Morgan fingerprint density at radius 3 is 1.37 bits per heavy atom. The smallest absolute Gasteiger partial charge is 0.481 e. The first-order valence-corrected chi connectivity index (χ1v) is 10.9. The van der Waals surface area contributed by atoms with Crippen LogP contribution < -0.4 is 28.7 Å². The van der Waals surface area contributed by atoms with Crippen molar-refractivity contribution in [3.05, 3.63) is 77.7 Å². The zero-order valence-corrected chi connectivity index (χ0v) is 20.2. The van der Waals surface area contributed by atoms with Gasteiger partial charge in [-0.3, -0.25) is 0 Å². The van der Waals surface area contributed by atoms with Gasteiger partial charge < -0.3 is 9.80 Å². The number of rotatable bonds is 6. The van der Waals surface area contributed by atoms with Crippen molar-refractivity contribution in [3.8, 4) is 0 Å². The molecule has 30 heavy (non-hydrogen) atoms. The van der Waals surface area contributed by atoms with Crippen LogP contribution in [0.15, 0.2) is 42.6 Å². The molecule has 0 saturated heterocycles. The molecule has 3 heteroatoms. The van der Waals surface area contributed by atoms with Crippen molar-refractivity contribution in [1.82, 2.24) is 0 Å². The molecule has 2 aromatic rings. The molecule has 154 valence electrons. The Labute approximate surface area is 196 Å². The van der Waals surface area contributed by atoms with Gasteiger partial charge in [0.05, 0.1) is 0 Å². The Morgan fingerprint density at radius 2 is 1.00 bits per heavy atom. The summed E-state index contributed by atoms with van der Waals surface area (Å²) in [5.41, 5.74) is 7.86. The van der Waals surface area contributed by atoms with Crippen LogP contribution in [0.5, 0.6) is 0 Å². The molecular formula is C27H35LiN2. The van der Waals surface area contributed by atoms with Crippen molar-refractivity contribution in [2.24, 2.45) is 0 Å². The fourth-order valence-electron chi connectivity index (χ4n) is 4.07. The maximum absolute atomic E-state index is 3.60. The SMILES string of the molecule is CC(C)c1cccc(C(C)C)c1N1[C]N(c2c(C(C)C)cccc2C(C)C)C=[C-]1.[Li+]. The second kappa shape index (κ2) is 10.1. The van der Waals surface area contributed by atoms with Crippen LogP contribution in [0.4, 0.5) is 11.4 Å². The van der Waals surface area contributed by atoms with Crippen molar-refractivity contribution < 1.29 is 18.9 Å². The summed E-state index contributed by atoms with van der Waals surface area (Å²) < 4.78 is 0. The van der Waals surface area contributed by atoms with E-state index in [2.05, 4.69) is 114 Å². The van der Waals surface area contributed by atoms with E-state index in [4.69, 9.17) is 0 Å². The third kappa shape index (κ3) is 4.82. The summed E-state index contributed by atoms with van der Waals surface area (Å²) in [6.45, 7) is 21.7. The van der Waals surface area contributed by atoms with E-state index in [-0.39, 0.29) is 18.9 Å². The number of hydrogen-bond donors (Lipinski definition) is 0. The Balaban J connectivity index is 0.00000320. The summed E-state index contributed by atoms with van der Waals surface area (Å²) in [7, 11) is 0. The maximum atomic E-state index is 3.60. The summed E-state index contributed by atoms with van der Waals surface area (Å²) in [4.78, 5) is 4.22. The molecule has 0 aliphatic carbocycles. The van der Waals surface area contributed by atoms with Crippen LogP contribution in [0.3, 0.4) is 0 Å². The standard InChI is InChI=1S/C27H35N2.Li/c1-18(2)22-11-9-12-23(19(3)4)26(22)28-15-16-29(17-28)27-24(20(5)6)13-10-14-25(27)21(7)8;/h9-15,18-21H,1-8H3;/q-1;+1. The monoisotopic (exact) mass is 394 g/mol. The summed E-state index contributed by atoms with van der Waals surface area (Å²) in [5.74, 6) is 1.77. The molecule has 3 rings (SSSR count). The van der Waals surface area contributed by atoms with Crippen molar-refractivity contribution in [2.45, 2.75) is 79.1 Å². The van der Waals surface area contributed by atoms with Crippen LogP contribution in [-0.4, -0.2) is 0 Å². The van der Waals surface area contributed by atoms with Gasteiger partial charge in [-0.1, -0.05) is 98.0 Å². The zero-order valence-electron chi connectivity index (χ0n) is 20.2. The maximum Gasteiger partial charge on any atom is 1.00 e. The third-order valence-electron chi connectivity index (χ3n) is 5.67. The van der Waals surface area contributed by atoms with Crippen LogP contribution in [0.25, 0.3) is 0 Å². The molecule has 2 aromatic carbocycles. The summed E-state index contributed by atoms with van der Waals surface area (Å²) in [5, 5.41) is 0. The van der Waals surface area contributed by atoms with Gasteiger partial charge in [-0.15, -0.1) is 16.8 Å². The quantitative estimate of drug-likeness (QED) is 0.514. The van der Waals surface area contributed by atoms with Crippen molar-refractivity contribution in [1.29, 1.82) is 0 Å². The first kappa shape index (κ1) is 24.6. The Bertz CT molecular complexity index is 756.